The highest BCUT2D eigenvalue weighted by Gasteiger charge is 2.26. The summed E-state index contributed by atoms with van der Waals surface area (Å²) < 4.78 is 6.84. The number of carbonyl (C=O) groups is 1. The minimum atomic E-state index is -0.537. The number of ether oxygens (including phenoxy) is 1. The molecule has 1 aliphatic heterocycles. The molecule has 0 radical (unpaired) electrons. The van der Waals surface area contributed by atoms with E-state index in [-0.39, 0.29) is 17.4 Å². The monoisotopic (exact) mass is 327 g/mol. The van der Waals surface area contributed by atoms with Gasteiger partial charge in [-0.25, -0.2) is 0 Å². The zero-order valence-electron chi connectivity index (χ0n) is 13.4. The third kappa shape index (κ3) is 3.72. The number of hydrogen-bond donors (Lipinski definition) is 2. The van der Waals surface area contributed by atoms with Crippen LogP contribution in [0.15, 0.2) is 53.5 Å². The quantitative estimate of drug-likeness (QED) is 0.891. The number of anilines is 1. The van der Waals surface area contributed by atoms with Gasteiger partial charge in [0.25, 0.3) is 5.56 Å². The third-order valence-electron chi connectivity index (χ3n) is 4.31. The molecule has 126 valence electrons. The van der Waals surface area contributed by atoms with Gasteiger partial charge in [0.15, 0.2) is 0 Å². The highest BCUT2D eigenvalue weighted by molar-refractivity contribution is 5.94. The Balaban J connectivity index is 1.66. The fourth-order valence-electron chi connectivity index (χ4n) is 2.86. The van der Waals surface area contributed by atoms with Crippen molar-refractivity contribution in [1.82, 2.24) is 4.57 Å². The van der Waals surface area contributed by atoms with Gasteiger partial charge in [-0.1, -0.05) is 6.07 Å². The van der Waals surface area contributed by atoms with Crippen molar-refractivity contribution in [2.75, 3.05) is 18.5 Å². The van der Waals surface area contributed by atoms with Crippen LogP contribution in [0.2, 0.25) is 0 Å². The zero-order valence-corrected chi connectivity index (χ0v) is 13.4. The van der Waals surface area contributed by atoms with Gasteiger partial charge < -0.3 is 15.8 Å². The zero-order chi connectivity index (χ0) is 16.9. The summed E-state index contributed by atoms with van der Waals surface area (Å²) in [5.74, 6) is -0.0348. The molecule has 2 heterocycles. The molecule has 0 saturated carbocycles. The number of pyridine rings is 1. The SMILES string of the molecule is NC(C(=O)Nc1ccc(-n2ccccc2=O)cc1)C1CCOCC1. The van der Waals surface area contributed by atoms with Gasteiger partial charge in [-0.3, -0.25) is 14.2 Å². The van der Waals surface area contributed by atoms with Crippen molar-refractivity contribution < 1.29 is 9.53 Å². The second-order valence-corrected chi connectivity index (χ2v) is 5.92. The van der Waals surface area contributed by atoms with Crippen LogP contribution in [-0.2, 0) is 9.53 Å². The Labute approximate surface area is 140 Å². The van der Waals surface area contributed by atoms with Crippen LogP contribution >= 0.6 is 0 Å². The molecule has 0 bridgehead atoms. The predicted octanol–water partition coefficient (Wildman–Crippen LogP) is 1.53. The van der Waals surface area contributed by atoms with Gasteiger partial charge in [0.2, 0.25) is 5.91 Å². The standard InChI is InChI=1S/C18H21N3O3/c19-17(13-8-11-24-12-9-13)18(23)20-14-4-6-15(7-5-14)21-10-2-1-3-16(21)22/h1-7,10,13,17H,8-9,11-12,19H2,(H,20,23). The van der Waals surface area contributed by atoms with Crippen molar-refractivity contribution >= 4 is 11.6 Å². The Hall–Kier alpha value is -2.44. The molecule has 6 heteroatoms. The van der Waals surface area contributed by atoms with E-state index in [4.69, 9.17) is 10.5 Å². The van der Waals surface area contributed by atoms with Crippen molar-refractivity contribution in [1.29, 1.82) is 0 Å². The smallest absolute Gasteiger partial charge is 0.255 e. The molecule has 3 rings (SSSR count). The van der Waals surface area contributed by atoms with Gasteiger partial charge in [-0.2, -0.15) is 0 Å². The van der Waals surface area contributed by atoms with Crippen LogP contribution in [0.4, 0.5) is 5.69 Å². The van der Waals surface area contributed by atoms with Gasteiger partial charge in [-0.15, -0.1) is 0 Å². The van der Waals surface area contributed by atoms with Gasteiger partial charge in [0.1, 0.15) is 0 Å². The lowest BCUT2D eigenvalue weighted by molar-refractivity contribution is -0.119. The molecule has 6 nitrogen and oxygen atoms in total. The van der Waals surface area contributed by atoms with Crippen LogP contribution in [0, 0.1) is 5.92 Å². The van der Waals surface area contributed by atoms with Crippen molar-refractivity contribution in [2.45, 2.75) is 18.9 Å². The highest BCUT2D eigenvalue weighted by Crippen LogP contribution is 2.19. The van der Waals surface area contributed by atoms with Crippen LogP contribution in [0.25, 0.3) is 5.69 Å². The van der Waals surface area contributed by atoms with Crippen LogP contribution in [0.5, 0.6) is 0 Å². The van der Waals surface area contributed by atoms with Gasteiger partial charge in [0.05, 0.1) is 6.04 Å². The summed E-state index contributed by atoms with van der Waals surface area (Å²) in [7, 11) is 0. The third-order valence-corrected chi connectivity index (χ3v) is 4.31. The fourth-order valence-corrected chi connectivity index (χ4v) is 2.86. The Bertz CT molecular complexity index is 749. The number of rotatable bonds is 4. The predicted molar refractivity (Wildman–Crippen MR) is 92.2 cm³/mol. The summed E-state index contributed by atoms with van der Waals surface area (Å²) in [6, 6.07) is 11.6. The maximum absolute atomic E-state index is 12.3. The van der Waals surface area contributed by atoms with Crippen molar-refractivity contribution in [3.8, 4) is 5.69 Å². The summed E-state index contributed by atoms with van der Waals surface area (Å²) in [5.41, 5.74) is 7.37. The number of nitrogens with one attached hydrogen (secondary N) is 1. The topological polar surface area (TPSA) is 86.4 Å². The average Bonchev–Trinajstić information content (AvgIpc) is 2.63. The minimum absolute atomic E-state index is 0.101. The van der Waals surface area contributed by atoms with E-state index in [1.165, 1.54) is 6.07 Å². The summed E-state index contributed by atoms with van der Waals surface area (Å²) in [6.07, 6.45) is 3.33. The van der Waals surface area contributed by atoms with Crippen molar-refractivity contribution in [2.24, 2.45) is 11.7 Å². The van der Waals surface area contributed by atoms with Gasteiger partial charge >= 0.3 is 0 Å². The summed E-state index contributed by atoms with van der Waals surface area (Å²) in [6.45, 7) is 1.32. The van der Waals surface area contributed by atoms with E-state index in [9.17, 15) is 9.59 Å². The van der Waals surface area contributed by atoms with E-state index in [1.54, 1.807) is 47.2 Å². The highest BCUT2D eigenvalue weighted by atomic mass is 16.5. The molecule has 1 atom stereocenters. The first-order chi connectivity index (χ1) is 11.6. The molecule has 2 aromatic rings. The van der Waals surface area contributed by atoms with E-state index < -0.39 is 6.04 Å². The number of nitrogens with two attached hydrogens (primary N) is 1. The molecule has 1 fully saturated rings. The Kier molecular flexibility index (Phi) is 5.08. The average molecular weight is 327 g/mol. The molecule has 0 spiro atoms. The van der Waals surface area contributed by atoms with E-state index in [0.29, 0.717) is 18.9 Å². The molecule has 24 heavy (non-hydrogen) atoms. The van der Waals surface area contributed by atoms with Crippen LogP contribution in [0.1, 0.15) is 12.8 Å². The number of carbonyl (C=O) groups excluding carboxylic acids is 1. The van der Waals surface area contributed by atoms with E-state index in [1.807, 2.05) is 0 Å². The van der Waals surface area contributed by atoms with Crippen LogP contribution in [-0.4, -0.2) is 29.7 Å². The molecular formula is C18H21N3O3. The lowest BCUT2D eigenvalue weighted by atomic mass is 9.92. The lowest BCUT2D eigenvalue weighted by Crippen LogP contribution is -2.44. The molecule has 3 N–H and O–H groups in total. The van der Waals surface area contributed by atoms with Crippen LogP contribution in [0.3, 0.4) is 0 Å². The van der Waals surface area contributed by atoms with Gasteiger partial charge in [-0.05, 0) is 49.1 Å². The fraction of sp³-hybridized carbons (Fsp3) is 0.333. The first kappa shape index (κ1) is 16.4. The number of benzene rings is 1. The molecule has 1 saturated heterocycles. The first-order valence-corrected chi connectivity index (χ1v) is 8.07. The van der Waals surface area contributed by atoms with Crippen molar-refractivity contribution in [3.63, 3.8) is 0 Å². The second-order valence-electron chi connectivity index (χ2n) is 5.92. The maximum atomic E-state index is 12.3. The Morgan fingerprint density at radius 2 is 1.88 bits per heavy atom. The van der Waals surface area contributed by atoms with Crippen LogP contribution < -0.4 is 16.6 Å². The Morgan fingerprint density at radius 1 is 1.17 bits per heavy atom. The van der Waals surface area contributed by atoms with E-state index >= 15 is 0 Å². The van der Waals surface area contributed by atoms with Gasteiger partial charge in [0, 0.05) is 36.9 Å². The largest absolute Gasteiger partial charge is 0.381 e. The lowest BCUT2D eigenvalue weighted by Gasteiger charge is -2.26. The second kappa shape index (κ2) is 7.42. The molecule has 1 aliphatic rings. The number of hydrogen-bond acceptors (Lipinski definition) is 4. The van der Waals surface area contributed by atoms with E-state index in [0.717, 1.165) is 18.5 Å². The van der Waals surface area contributed by atoms with E-state index in [2.05, 4.69) is 5.32 Å². The molecule has 0 aliphatic carbocycles. The molecule has 1 aromatic carbocycles. The normalized spacial score (nSPS) is 16.5. The molecule has 1 amide bonds. The molecular weight excluding hydrogens is 306 g/mol. The minimum Gasteiger partial charge on any atom is -0.381 e. The molecule has 1 aromatic heterocycles. The number of aromatic nitrogens is 1. The summed E-state index contributed by atoms with van der Waals surface area (Å²) in [5, 5.41) is 2.84. The number of nitrogens with zero attached hydrogens (tertiary/aromatic N) is 1. The summed E-state index contributed by atoms with van der Waals surface area (Å²) >= 11 is 0. The molecule has 1 unspecified atom stereocenters. The Morgan fingerprint density at radius 3 is 2.54 bits per heavy atom. The first-order valence-electron chi connectivity index (χ1n) is 8.07. The summed E-state index contributed by atoms with van der Waals surface area (Å²) in [4.78, 5) is 24.1. The maximum Gasteiger partial charge on any atom is 0.255 e. The number of amides is 1. The van der Waals surface area contributed by atoms with Crippen molar-refractivity contribution in [3.05, 3.63) is 59.0 Å².